The standard InChI is InChI=1S/C10H8F2N2.C9H8N3.Ir/c1-13-4-5-14(7-13)10-3-2-8(11)6-9(10)12;1-7-2-4-10-9(6-7)8-3-5-11-12-8;/h2,4-7H,1H3;2-6H,1H3;/q-2;-1;+3. The van der Waals surface area contributed by atoms with E-state index < -0.39 is 11.6 Å². The molecule has 1 aliphatic heterocycles. The second-order valence-electron chi connectivity index (χ2n) is 5.64. The van der Waals surface area contributed by atoms with Gasteiger partial charge in [0.15, 0.2) is 0 Å². The Hall–Kier alpha value is -2.57. The van der Waals surface area contributed by atoms with Gasteiger partial charge in [-0.2, -0.15) is 12.7 Å². The summed E-state index contributed by atoms with van der Waals surface area (Å²) in [4.78, 5) is 7.48. The molecule has 5 nitrogen and oxygen atoms in total. The van der Waals surface area contributed by atoms with Gasteiger partial charge in [0.1, 0.15) is 0 Å². The molecule has 1 aromatic carbocycles. The number of hydrogen-bond donors (Lipinski definition) is 0. The number of aromatic nitrogens is 3. The van der Waals surface area contributed by atoms with Crippen LogP contribution in [0.25, 0.3) is 11.4 Å². The third kappa shape index (κ3) is 5.45. The normalized spacial score (nSPS) is 12.4. The van der Waals surface area contributed by atoms with Gasteiger partial charge >= 0.3 is 20.1 Å². The average molecular weight is 545 g/mol. The summed E-state index contributed by atoms with van der Waals surface area (Å²) >= 11 is 0. The molecule has 0 saturated carbocycles. The summed E-state index contributed by atoms with van der Waals surface area (Å²) in [6, 6.07) is 10.3. The molecule has 0 saturated heterocycles. The van der Waals surface area contributed by atoms with Crippen molar-refractivity contribution in [2.75, 3.05) is 11.9 Å². The molecule has 2 aromatic heterocycles. The Bertz CT molecular complexity index is 899. The van der Waals surface area contributed by atoms with Crippen LogP contribution in [0, 0.1) is 31.3 Å². The van der Waals surface area contributed by atoms with Crippen LogP contribution in [0.1, 0.15) is 5.56 Å². The van der Waals surface area contributed by atoms with E-state index in [-0.39, 0.29) is 25.8 Å². The van der Waals surface area contributed by atoms with E-state index in [4.69, 9.17) is 0 Å². The van der Waals surface area contributed by atoms with Crippen LogP contribution in [-0.2, 0) is 20.1 Å². The zero-order chi connectivity index (χ0) is 18.5. The summed E-state index contributed by atoms with van der Waals surface area (Å²) in [5.41, 5.74) is 3.11. The van der Waals surface area contributed by atoms with Gasteiger partial charge in [-0.1, -0.05) is 17.4 Å². The molecule has 1 aliphatic rings. The van der Waals surface area contributed by atoms with Crippen LogP contribution < -0.4 is 10.00 Å². The number of halogens is 2. The first kappa shape index (κ1) is 20.7. The topological polar surface area (TPSA) is 46.4 Å². The molecule has 4 rings (SSSR count). The third-order valence-electron chi connectivity index (χ3n) is 3.51. The summed E-state index contributed by atoms with van der Waals surface area (Å²) in [7, 11) is 1.82. The zero-order valence-corrected chi connectivity index (χ0v) is 17.0. The molecule has 3 aromatic rings. The monoisotopic (exact) mass is 545 g/mol. The van der Waals surface area contributed by atoms with Crippen LogP contribution in [0.4, 0.5) is 14.5 Å². The Kier molecular flexibility index (Phi) is 7.21. The van der Waals surface area contributed by atoms with Gasteiger partial charge in [0, 0.05) is 29.7 Å². The maximum Gasteiger partial charge on any atom is 3.00 e. The van der Waals surface area contributed by atoms with Crippen molar-refractivity contribution in [1.29, 1.82) is 0 Å². The molecular formula is C19H16F2IrN5. The summed E-state index contributed by atoms with van der Waals surface area (Å²) in [6.07, 6.45) is 6.88. The van der Waals surface area contributed by atoms with Crippen molar-refractivity contribution >= 4 is 5.69 Å². The number of pyridine rings is 1. The summed E-state index contributed by atoms with van der Waals surface area (Å²) in [6.45, 7) is 3.70. The minimum Gasteiger partial charge on any atom is -0.574 e. The molecule has 3 heterocycles. The van der Waals surface area contributed by atoms with Crippen molar-refractivity contribution in [3.63, 3.8) is 0 Å². The molecule has 0 aliphatic carbocycles. The SMILES string of the molecule is CN1C=CN(c2[c-]cc(F)cc2F)[CH-]1.Cc1ccnc(-c2ccn[n-]2)c1.[Ir+3]. The van der Waals surface area contributed by atoms with Crippen LogP contribution >= 0.6 is 0 Å². The first-order valence-corrected chi connectivity index (χ1v) is 7.80. The number of rotatable bonds is 2. The quantitative estimate of drug-likeness (QED) is 0.463. The van der Waals surface area contributed by atoms with Crippen LogP contribution in [0.3, 0.4) is 0 Å². The molecule has 0 bridgehead atoms. The Morgan fingerprint density at radius 1 is 1.15 bits per heavy atom. The summed E-state index contributed by atoms with van der Waals surface area (Å²) in [5.74, 6) is -1.25. The van der Waals surface area contributed by atoms with E-state index in [1.54, 1.807) is 36.4 Å². The second kappa shape index (κ2) is 9.39. The molecule has 0 amide bonds. The van der Waals surface area contributed by atoms with E-state index >= 15 is 0 Å². The fourth-order valence-corrected chi connectivity index (χ4v) is 2.26. The van der Waals surface area contributed by atoms with Gasteiger partial charge in [-0.15, -0.1) is 12.1 Å². The third-order valence-corrected chi connectivity index (χ3v) is 3.51. The van der Waals surface area contributed by atoms with E-state index in [1.165, 1.54) is 10.5 Å². The number of aryl methyl sites for hydroxylation is 1. The minimum absolute atomic E-state index is 0. The fraction of sp³-hybridized carbons (Fsp3) is 0.105. The zero-order valence-electron chi connectivity index (χ0n) is 14.6. The van der Waals surface area contributed by atoms with Crippen molar-refractivity contribution in [1.82, 2.24) is 20.1 Å². The molecule has 0 N–H and O–H groups in total. The molecule has 8 heteroatoms. The van der Waals surface area contributed by atoms with Gasteiger partial charge < -0.3 is 20.0 Å². The van der Waals surface area contributed by atoms with Crippen molar-refractivity contribution in [2.45, 2.75) is 6.92 Å². The van der Waals surface area contributed by atoms with Crippen LogP contribution in [0.5, 0.6) is 0 Å². The van der Waals surface area contributed by atoms with Crippen molar-refractivity contribution < 1.29 is 28.9 Å². The molecular weight excluding hydrogens is 528 g/mol. The first-order chi connectivity index (χ1) is 12.5. The maximum absolute atomic E-state index is 13.2. The van der Waals surface area contributed by atoms with E-state index in [9.17, 15) is 8.78 Å². The number of hydrogen-bond acceptors (Lipinski definition) is 4. The Morgan fingerprint density at radius 3 is 2.56 bits per heavy atom. The van der Waals surface area contributed by atoms with Gasteiger partial charge in [-0.25, -0.2) is 0 Å². The molecule has 27 heavy (non-hydrogen) atoms. The first-order valence-electron chi connectivity index (χ1n) is 7.80. The van der Waals surface area contributed by atoms with E-state index in [0.717, 1.165) is 23.5 Å². The largest absolute Gasteiger partial charge is 3.00 e. The second-order valence-corrected chi connectivity index (χ2v) is 5.64. The number of nitrogens with zero attached hydrogens (tertiary/aromatic N) is 5. The van der Waals surface area contributed by atoms with Crippen molar-refractivity contribution in [2.24, 2.45) is 0 Å². The Balaban J connectivity index is 0.000000189. The molecule has 0 unspecified atom stereocenters. The minimum atomic E-state index is -0.624. The van der Waals surface area contributed by atoms with Gasteiger partial charge in [-0.3, -0.25) is 13.8 Å². The fourth-order valence-electron chi connectivity index (χ4n) is 2.26. The molecule has 140 valence electrons. The van der Waals surface area contributed by atoms with Crippen molar-refractivity contribution in [3.8, 4) is 11.4 Å². The van der Waals surface area contributed by atoms with Gasteiger partial charge in [-0.05, 0) is 44.1 Å². The molecule has 0 spiro atoms. The number of benzene rings is 1. The Morgan fingerprint density at radius 2 is 1.96 bits per heavy atom. The van der Waals surface area contributed by atoms with Crippen LogP contribution in [-0.4, -0.2) is 22.0 Å². The summed E-state index contributed by atoms with van der Waals surface area (Å²) in [5, 5.41) is 7.65. The molecule has 0 atom stereocenters. The predicted molar refractivity (Wildman–Crippen MR) is 94.4 cm³/mol. The van der Waals surface area contributed by atoms with E-state index in [1.807, 2.05) is 32.2 Å². The maximum atomic E-state index is 13.2. The van der Waals surface area contributed by atoms with Crippen LogP contribution in [0.2, 0.25) is 0 Å². The van der Waals surface area contributed by atoms with Gasteiger partial charge in [0.05, 0.1) is 0 Å². The Labute approximate surface area is 170 Å². The van der Waals surface area contributed by atoms with Gasteiger partial charge in [0.2, 0.25) is 0 Å². The summed E-state index contributed by atoms with van der Waals surface area (Å²) < 4.78 is 25.8. The molecule has 0 fully saturated rings. The smallest absolute Gasteiger partial charge is 0.574 e. The molecule has 0 radical (unpaired) electrons. The van der Waals surface area contributed by atoms with E-state index in [2.05, 4.69) is 21.2 Å². The van der Waals surface area contributed by atoms with E-state index in [0.29, 0.717) is 0 Å². The van der Waals surface area contributed by atoms with Crippen LogP contribution in [0.15, 0.2) is 55.1 Å². The average Bonchev–Trinajstić information content (AvgIpc) is 3.27. The number of anilines is 1. The predicted octanol–water partition coefficient (Wildman–Crippen LogP) is 3.51. The van der Waals surface area contributed by atoms with Crippen molar-refractivity contribution in [3.05, 3.63) is 85.1 Å². The van der Waals surface area contributed by atoms with Gasteiger partial charge in [0.25, 0.3) is 0 Å².